The van der Waals surface area contributed by atoms with Crippen molar-refractivity contribution in [3.8, 4) is 0 Å². The fraction of sp³-hybridized carbons (Fsp3) is 0.706. The van der Waals surface area contributed by atoms with Crippen LogP contribution in [-0.2, 0) is 0 Å². The van der Waals surface area contributed by atoms with Gasteiger partial charge in [0.05, 0.1) is 18.9 Å². The molecule has 1 saturated carbocycles. The predicted octanol–water partition coefficient (Wildman–Crippen LogP) is 2.74. The van der Waals surface area contributed by atoms with Crippen LogP contribution in [0.15, 0.2) is 18.3 Å². The van der Waals surface area contributed by atoms with E-state index in [1.165, 1.54) is 32.1 Å². The maximum Gasteiger partial charge on any atom is 0.192 e. The summed E-state index contributed by atoms with van der Waals surface area (Å²) in [6.07, 6.45) is 8.64. The molecule has 3 rings (SSSR count). The Morgan fingerprint density at radius 2 is 2.14 bits per heavy atom. The highest BCUT2D eigenvalue weighted by molar-refractivity contribution is 5.95. The number of H-pyrrole nitrogens is 1. The standard InChI is InChI=1S/C17H27N3O/c1-17(14-7-4-3-5-8-14)12-20(13-19(17)2)11-16(21)15-9-6-10-18-15/h6,9-10,14,18H,3-5,7-8,11-13H2,1-2H3. The Labute approximate surface area is 127 Å². The Morgan fingerprint density at radius 3 is 2.81 bits per heavy atom. The summed E-state index contributed by atoms with van der Waals surface area (Å²) >= 11 is 0. The zero-order valence-corrected chi connectivity index (χ0v) is 13.3. The summed E-state index contributed by atoms with van der Waals surface area (Å²) in [5, 5.41) is 0. The molecular weight excluding hydrogens is 262 g/mol. The molecular formula is C17H27N3O. The maximum absolute atomic E-state index is 12.3. The molecule has 1 saturated heterocycles. The van der Waals surface area contributed by atoms with Gasteiger partial charge in [0, 0.05) is 18.3 Å². The van der Waals surface area contributed by atoms with E-state index in [0.717, 1.165) is 24.8 Å². The van der Waals surface area contributed by atoms with Crippen LogP contribution in [0.25, 0.3) is 0 Å². The molecule has 0 amide bonds. The van der Waals surface area contributed by atoms with Crippen LogP contribution >= 0.6 is 0 Å². The second-order valence-corrected chi connectivity index (χ2v) is 7.03. The molecule has 1 unspecified atom stereocenters. The number of hydrogen-bond donors (Lipinski definition) is 1. The van der Waals surface area contributed by atoms with Gasteiger partial charge < -0.3 is 4.98 Å². The van der Waals surface area contributed by atoms with Gasteiger partial charge in [-0.25, -0.2) is 0 Å². The topological polar surface area (TPSA) is 39.3 Å². The summed E-state index contributed by atoms with van der Waals surface area (Å²) in [5.41, 5.74) is 0.958. The number of aromatic nitrogens is 1. The van der Waals surface area contributed by atoms with Gasteiger partial charge in [-0.05, 0) is 44.9 Å². The van der Waals surface area contributed by atoms with E-state index in [0.29, 0.717) is 6.54 Å². The third-order valence-corrected chi connectivity index (χ3v) is 5.58. The molecule has 0 spiro atoms. The van der Waals surface area contributed by atoms with Crippen molar-refractivity contribution in [2.45, 2.75) is 44.6 Å². The summed E-state index contributed by atoms with van der Waals surface area (Å²) < 4.78 is 0. The fourth-order valence-corrected chi connectivity index (χ4v) is 4.15. The normalized spacial score (nSPS) is 29.0. The summed E-state index contributed by atoms with van der Waals surface area (Å²) in [5.74, 6) is 0.975. The van der Waals surface area contributed by atoms with E-state index in [9.17, 15) is 4.79 Å². The lowest BCUT2D eigenvalue weighted by Crippen LogP contribution is -2.48. The molecule has 1 aromatic rings. The van der Waals surface area contributed by atoms with Crippen LogP contribution in [0, 0.1) is 5.92 Å². The highest BCUT2D eigenvalue weighted by Crippen LogP contribution is 2.39. The van der Waals surface area contributed by atoms with E-state index >= 15 is 0 Å². The van der Waals surface area contributed by atoms with Gasteiger partial charge in [-0.1, -0.05) is 19.3 Å². The lowest BCUT2D eigenvalue weighted by molar-refractivity contribution is 0.0932. The number of ketones is 1. The van der Waals surface area contributed by atoms with Crippen molar-refractivity contribution < 1.29 is 4.79 Å². The van der Waals surface area contributed by atoms with E-state index in [1.807, 2.05) is 18.3 Å². The first-order valence-electron chi connectivity index (χ1n) is 8.20. The van der Waals surface area contributed by atoms with Gasteiger partial charge in [-0.2, -0.15) is 0 Å². The average Bonchev–Trinajstić information content (AvgIpc) is 3.10. The molecule has 4 heteroatoms. The van der Waals surface area contributed by atoms with Gasteiger partial charge in [0.25, 0.3) is 0 Å². The highest BCUT2D eigenvalue weighted by Gasteiger charge is 2.44. The zero-order chi connectivity index (χ0) is 14.9. The van der Waals surface area contributed by atoms with Crippen LogP contribution < -0.4 is 0 Å². The van der Waals surface area contributed by atoms with Gasteiger partial charge >= 0.3 is 0 Å². The molecule has 2 fully saturated rings. The first-order valence-corrected chi connectivity index (χ1v) is 8.20. The Bertz CT molecular complexity index is 478. The van der Waals surface area contributed by atoms with Crippen molar-refractivity contribution in [3.05, 3.63) is 24.0 Å². The number of nitrogens with one attached hydrogen (secondary N) is 1. The summed E-state index contributed by atoms with van der Waals surface area (Å²) in [4.78, 5) is 20.0. The minimum absolute atomic E-state index is 0.196. The second kappa shape index (κ2) is 5.93. The molecule has 1 atom stereocenters. The third-order valence-electron chi connectivity index (χ3n) is 5.58. The Hall–Kier alpha value is -1.13. The number of rotatable bonds is 4. The molecule has 2 heterocycles. The fourth-order valence-electron chi connectivity index (χ4n) is 4.15. The maximum atomic E-state index is 12.3. The van der Waals surface area contributed by atoms with Crippen LogP contribution in [0.5, 0.6) is 0 Å². The molecule has 1 N–H and O–H groups in total. The molecule has 21 heavy (non-hydrogen) atoms. The molecule has 0 bridgehead atoms. The number of aromatic amines is 1. The number of Topliss-reactive ketones (excluding diaryl/α,β-unsaturated/α-hetero) is 1. The van der Waals surface area contributed by atoms with Crippen molar-refractivity contribution >= 4 is 5.78 Å². The van der Waals surface area contributed by atoms with Crippen molar-refractivity contribution in [1.29, 1.82) is 0 Å². The monoisotopic (exact) mass is 289 g/mol. The van der Waals surface area contributed by atoms with Crippen LogP contribution in [0.2, 0.25) is 0 Å². The van der Waals surface area contributed by atoms with Gasteiger partial charge in [-0.3, -0.25) is 14.6 Å². The average molecular weight is 289 g/mol. The minimum Gasteiger partial charge on any atom is -0.359 e. The lowest BCUT2D eigenvalue weighted by atomic mass is 9.75. The lowest BCUT2D eigenvalue weighted by Gasteiger charge is -2.41. The van der Waals surface area contributed by atoms with Crippen molar-refractivity contribution in [3.63, 3.8) is 0 Å². The number of carbonyl (C=O) groups is 1. The van der Waals surface area contributed by atoms with Crippen LogP contribution in [-0.4, -0.2) is 52.9 Å². The molecule has 1 aromatic heterocycles. The molecule has 2 aliphatic rings. The molecule has 1 aliphatic carbocycles. The van der Waals surface area contributed by atoms with Gasteiger partial charge in [-0.15, -0.1) is 0 Å². The number of likely N-dealkylation sites (N-methyl/N-ethyl adjacent to an activating group) is 1. The van der Waals surface area contributed by atoms with Gasteiger partial charge in [0.1, 0.15) is 0 Å². The Kier molecular flexibility index (Phi) is 4.18. The van der Waals surface area contributed by atoms with Crippen LogP contribution in [0.4, 0.5) is 0 Å². The van der Waals surface area contributed by atoms with E-state index < -0.39 is 0 Å². The van der Waals surface area contributed by atoms with Crippen LogP contribution in [0.3, 0.4) is 0 Å². The second-order valence-electron chi connectivity index (χ2n) is 7.03. The van der Waals surface area contributed by atoms with Crippen molar-refractivity contribution in [2.75, 3.05) is 26.8 Å². The third kappa shape index (κ3) is 2.92. The quantitative estimate of drug-likeness (QED) is 0.866. The first kappa shape index (κ1) is 14.8. The minimum atomic E-state index is 0.196. The SMILES string of the molecule is CN1CN(CC(=O)c2ccc[nH]2)CC1(C)C1CCCCC1. The van der Waals surface area contributed by atoms with E-state index in [-0.39, 0.29) is 11.3 Å². The van der Waals surface area contributed by atoms with Crippen molar-refractivity contribution in [1.82, 2.24) is 14.8 Å². The van der Waals surface area contributed by atoms with Crippen molar-refractivity contribution in [2.24, 2.45) is 5.92 Å². The highest BCUT2D eigenvalue weighted by atomic mass is 16.1. The summed E-state index contributed by atoms with van der Waals surface area (Å²) in [6.45, 7) is 4.83. The first-order chi connectivity index (χ1) is 10.1. The van der Waals surface area contributed by atoms with Gasteiger partial charge in [0.15, 0.2) is 5.78 Å². The number of hydrogen-bond acceptors (Lipinski definition) is 3. The largest absolute Gasteiger partial charge is 0.359 e. The Balaban J connectivity index is 1.63. The number of nitrogens with zero attached hydrogens (tertiary/aromatic N) is 2. The van der Waals surface area contributed by atoms with E-state index in [1.54, 1.807) is 0 Å². The Morgan fingerprint density at radius 1 is 1.38 bits per heavy atom. The summed E-state index contributed by atoms with van der Waals surface area (Å²) in [6, 6.07) is 3.75. The zero-order valence-electron chi connectivity index (χ0n) is 13.3. The van der Waals surface area contributed by atoms with E-state index in [4.69, 9.17) is 0 Å². The van der Waals surface area contributed by atoms with E-state index in [2.05, 4.69) is 28.8 Å². The molecule has 4 nitrogen and oxygen atoms in total. The van der Waals surface area contributed by atoms with Crippen LogP contribution in [0.1, 0.15) is 49.5 Å². The van der Waals surface area contributed by atoms with Gasteiger partial charge in [0.2, 0.25) is 0 Å². The smallest absolute Gasteiger partial charge is 0.192 e. The molecule has 1 aliphatic heterocycles. The predicted molar refractivity (Wildman–Crippen MR) is 84.3 cm³/mol. The molecule has 116 valence electrons. The summed E-state index contributed by atoms with van der Waals surface area (Å²) in [7, 11) is 2.22. The molecule has 0 aromatic carbocycles. The number of carbonyl (C=O) groups excluding carboxylic acids is 1. The molecule has 0 radical (unpaired) electrons.